The normalized spacial score (nSPS) is 10.5. The molecular weight excluding hydrogens is 340 g/mol. The van der Waals surface area contributed by atoms with E-state index >= 15 is 0 Å². The molecule has 2 aromatic rings. The Balaban J connectivity index is 1.99. The van der Waals surface area contributed by atoms with E-state index in [1.54, 1.807) is 20.1 Å². The van der Waals surface area contributed by atoms with Crippen LogP contribution in [0.2, 0.25) is 0 Å². The van der Waals surface area contributed by atoms with Crippen molar-refractivity contribution in [3.8, 4) is 5.75 Å². The summed E-state index contributed by atoms with van der Waals surface area (Å²) in [5, 5.41) is 2.98. The van der Waals surface area contributed by atoms with Crippen molar-refractivity contribution in [1.29, 1.82) is 0 Å². The predicted octanol–water partition coefficient (Wildman–Crippen LogP) is 3.45. The lowest BCUT2D eigenvalue weighted by Crippen LogP contribution is -2.07. The third kappa shape index (κ3) is 5.29. The fourth-order valence-corrected chi connectivity index (χ4v) is 2.74. The molecule has 0 atom stereocenters. The molecule has 1 amide bonds. The minimum atomic E-state index is -0.482. The molecule has 7 heteroatoms. The summed E-state index contributed by atoms with van der Waals surface area (Å²) in [5.41, 5.74) is 1.37. The van der Waals surface area contributed by atoms with Gasteiger partial charge in [0, 0.05) is 6.08 Å². The number of esters is 1. The summed E-state index contributed by atoms with van der Waals surface area (Å²) in [4.78, 5) is 28.4. The fourth-order valence-electron chi connectivity index (χ4n) is 1.87. The minimum absolute atomic E-state index is 0.127. The van der Waals surface area contributed by atoms with Crippen molar-refractivity contribution in [2.45, 2.75) is 6.92 Å². The average Bonchev–Trinajstić information content (AvgIpc) is 2.98. The zero-order valence-electron chi connectivity index (χ0n) is 13.9. The van der Waals surface area contributed by atoms with Crippen LogP contribution in [0.3, 0.4) is 0 Å². The molecule has 1 heterocycles. The molecular formula is C18H18N2O4S. The van der Waals surface area contributed by atoms with E-state index in [1.807, 2.05) is 24.3 Å². The summed E-state index contributed by atoms with van der Waals surface area (Å²) >= 11 is 1.07. The van der Waals surface area contributed by atoms with Crippen LogP contribution in [0.25, 0.3) is 6.08 Å². The summed E-state index contributed by atoms with van der Waals surface area (Å²) < 4.78 is 10.1. The largest absolute Gasteiger partial charge is 0.497 e. The highest BCUT2D eigenvalue weighted by Gasteiger charge is 2.17. The van der Waals surface area contributed by atoms with Crippen LogP contribution in [-0.4, -0.2) is 30.6 Å². The van der Waals surface area contributed by atoms with Gasteiger partial charge >= 0.3 is 5.97 Å². The van der Waals surface area contributed by atoms with Crippen molar-refractivity contribution in [3.05, 3.63) is 59.1 Å². The van der Waals surface area contributed by atoms with Gasteiger partial charge in [0.1, 0.15) is 17.2 Å². The topological polar surface area (TPSA) is 77.5 Å². The van der Waals surface area contributed by atoms with E-state index < -0.39 is 5.97 Å². The number of rotatable bonds is 7. The number of carbonyl (C=O) groups excluding carboxylic acids is 2. The van der Waals surface area contributed by atoms with Gasteiger partial charge in [0.15, 0.2) is 5.13 Å². The van der Waals surface area contributed by atoms with Crippen LogP contribution >= 0.6 is 11.3 Å². The molecule has 1 aromatic carbocycles. The van der Waals surface area contributed by atoms with Gasteiger partial charge in [-0.25, -0.2) is 9.78 Å². The fraction of sp³-hybridized carbons (Fsp3) is 0.167. The lowest BCUT2D eigenvalue weighted by molar-refractivity contribution is -0.111. The number of amides is 1. The number of hydrogen-bond donors (Lipinski definition) is 1. The van der Waals surface area contributed by atoms with E-state index in [2.05, 4.69) is 16.9 Å². The van der Waals surface area contributed by atoms with E-state index in [-0.39, 0.29) is 12.5 Å². The first-order valence-electron chi connectivity index (χ1n) is 7.42. The monoisotopic (exact) mass is 358 g/mol. The second kappa shape index (κ2) is 8.79. The number of ether oxygens (including phenoxy) is 2. The molecule has 130 valence electrons. The molecule has 0 aliphatic carbocycles. The van der Waals surface area contributed by atoms with Crippen molar-refractivity contribution in [2.24, 2.45) is 0 Å². The van der Waals surface area contributed by atoms with Gasteiger partial charge in [-0.1, -0.05) is 36.1 Å². The molecule has 0 saturated heterocycles. The van der Waals surface area contributed by atoms with Crippen molar-refractivity contribution in [2.75, 3.05) is 19.0 Å². The van der Waals surface area contributed by atoms with Crippen molar-refractivity contribution in [3.63, 3.8) is 0 Å². The van der Waals surface area contributed by atoms with Gasteiger partial charge in [-0.2, -0.15) is 0 Å². The number of aryl methyl sites for hydroxylation is 1. The van der Waals surface area contributed by atoms with Gasteiger partial charge in [0.05, 0.1) is 12.8 Å². The maximum Gasteiger partial charge on any atom is 0.350 e. The Morgan fingerprint density at radius 2 is 2.04 bits per heavy atom. The Morgan fingerprint density at radius 1 is 1.32 bits per heavy atom. The molecule has 0 unspecified atom stereocenters. The Bertz CT molecular complexity index is 794. The molecule has 0 radical (unpaired) electrons. The summed E-state index contributed by atoms with van der Waals surface area (Å²) in [6.45, 7) is 5.30. The standard InChI is InChI=1S/C18H18N2O4S/c1-4-11-24-17(22)16-12(2)19-18(25-16)20-15(21)10-7-13-5-8-14(23-3)9-6-13/h4-10H,1,11H2,2-3H3,(H,19,20,21)/b10-7+. The molecule has 6 nitrogen and oxygen atoms in total. The first-order chi connectivity index (χ1) is 12.0. The summed E-state index contributed by atoms with van der Waals surface area (Å²) in [6, 6.07) is 7.29. The number of hydrogen-bond acceptors (Lipinski definition) is 6. The zero-order chi connectivity index (χ0) is 18.2. The van der Waals surface area contributed by atoms with Gasteiger partial charge in [0.2, 0.25) is 5.91 Å². The molecule has 2 rings (SSSR count). The lowest BCUT2D eigenvalue weighted by atomic mass is 10.2. The van der Waals surface area contributed by atoms with E-state index in [0.717, 1.165) is 22.6 Å². The number of benzene rings is 1. The molecule has 25 heavy (non-hydrogen) atoms. The first-order valence-corrected chi connectivity index (χ1v) is 8.23. The number of anilines is 1. The Kier molecular flexibility index (Phi) is 6.47. The number of nitrogens with zero attached hydrogens (tertiary/aromatic N) is 1. The van der Waals surface area contributed by atoms with Crippen LogP contribution in [0.15, 0.2) is 43.0 Å². The molecule has 0 bridgehead atoms. The average molecular weight is 358 g/mol. The van der Waals surface area contributed by atoms with Crippen molar-refractivity contribution in [1.82, 2.24) is 4.98 Å². The second-order valence-corrected chi connectivity index (χ2v) is 5.92. The second-order valence-electron chi connectivity index (χ2n) is 4.92. The summed E-state index contributed by atoms with van der Waals surface area (Å²) in [5.74, 6) is -0.0736. The Morgan fingerprint density at radius 3 is 2.68 bits per heavy atom. The third-order valence-corrected chi connectivity index (χ3v) is 4.14. The smallest absolute Gasteiger partial charge is 0.350 e. The maximum absolute atomic E-state index is 12.0. The minimum Gasteiger partial charge on any atom is -0.497 e. The van der Waals surface area contributed by atoms with Crippen molar-refractivity contribution >= 4 is 34.4 Å². The number of carbonyl (C=O) groups is 2. The van der Waals surface area contributed by atoms with Crippen molar-refractivity contribution < 1.29 is 19.1 Å². The Hall–Kier alpha value is -2.93. The van der Waals surface area contributed by atoms with Crippen LogP contribution in [0, 0.1) is 6.92 Å². The summed E-state index contributed by atoms with van der Waals surface area (Å²) in [7, 11) is 1.59. The number of methoxy groups -OCH3 is 1. The third-order valence-electron chi connectivity index (χ3n) is 3.09. The molecule has 0 spiro atoms. The van der Waals surface area contributed by atoms with Gasteiger partial charge in [-0.05, 0) is 30.7 Å². The molecule has 0 fully saturated rings. The maximum atomic E-state index is 12.0. The SMILES string of the molecule is C=CCOC(=O)c1sc(NC(=O)/C=C/c2ccc(OC)cc2)nc1C. The highest BCUT2D eigenvalue weighted by molar-refractivity contribution is 7.17. The number of aromatic nitrogens is 1. The van der Waals surface area contributed by atoms with Gasteiger partial charge in [-0.15, -0.1) is 0 Å². The molecule has 0 aliphatic rings. The van der Waals surface area contributed by atoms with Crippen LogP contribution in [-0.2, 0) is 9.53 Å². The molecule has 0 aliphatic heterocycles. The van der Waals surface area contributed by atoms with Crippen LogP contribution in [0.5, 0.6) is 5.75 Å². The highest BCUT2D eigenvalue weighted by atomic mass is 32.1. The molecule has 1 aromatic heterocycles. The predicted molar refractivity (Wildman–Crippen MR) is 98.0 cm³/mol. The van der Waals surface area contributed by atoms with E-state index in [0.29, 0.717) is 15.7 Å². The first kappa shape index (κ1) is 18.4. The zero-order valence-corrected chi connectivity index (χ0v) is 14.8. The molecule has 0 saturated carbocycles. The number of nitrogens with one attached hydrogen (secondary N) is 1. The van der Waals surface area contributed by atoms with Gasteiger partial charge < -0.3 is 9.47 Å². The Labute approximate surface area is 149 Å². The van der Waals surface area contributed by atoms with E-state index in [9.17, 15) is 9.59 Å². The van der Waals surface area contributed by atoms with E-state index in [4.69, 9.17) is 9.47 Å². The van der Waals surface area contributed by atoms with Crippen LogP contribution in [0.1, 0.15) is 20.9 Å². The van der Waals surface area contributed by atoms with E-state index in [1.165, 1.54) is 12.2 Å². The molecule has 1 N–H and O–H groups in total. The quantitative estimate of drug-likeness (QED) is 0.466. The summed E-state index contributed by atoms with van der Waals surface area (Å²) in [6.07, 6.45) is 4.56. The number of thiazole rings is 1. The van der Waals surface area contributed by atoms with Crippen LogP contribution in [0.4, 0.5) is 5.13 Å². The van der Waals surface area contributed by atoms with Gasteiger partial charge in [-0.3, -0.25) is 10.1 Å². The lowest BCUT2D eigenvalue weighted by Gasteiger charge is -1.99. The van der Waals surface area contributed by atoms with Gasteiger partial charge in [0.25, 0.3) is 0 Å². The van der Waals surface area contributed by atoms with Crippen LogP contribution < -0.4 is 10.1 Å². The highest BCUT2D eigenvalue weighted by Crippen LogP contribution is 2.23.